The van der Waals surface area contributed by atoms with Gasteiger partial charge in [-0.05, 0) is 11.4 Å². The minimum atomic E-state index is 0.655. The molecule has 0 aromatic carbocycles. The predicted octanol–water partition coefficient (Wildman–Crippen LogP) is 1.93. The molecule has 0 spiro atoms. The smallest absolute Gasteiger partial charge is 0.146 e. The molecule has 0 aliphatic rings. The van der Waals surface area contributed by atoms with Crippen LogP contribution in [0.1, 0.15) is 10.7 Å². The van der Waals surface area contributed by atoms with Crippen LogP contribution in [0.4, 0.5) is 0 Å². The Labute approximate surface area is 115 Å². The maximum Gasteiger partial charge on any atom is 0.146 e. The molecule has 0 atom stereocenters. The van der Waals surface area contributed by atoms with Crippen LogP contribution in [0, 0.1) is 0 Å². The van der Waals surface area contributed by atoms with Crippen molar-refractivity contribution in [2.45, 2.75) is 19.6 Å². The molecule has 98 valence electrons. The van der Waals surface area contributed by atoms with Crippen molar-refractivity contribution in [2.75, 3.05) is 13.7 Å². The van der Waals surface area contributed by atoms with Crippen LogP contribution >= 0.6 is 22.9 Å². The van der Waals surface area contributed by atoms with Crippen molar-refractivity contribution in [3.05, 3.63) is 33.5 Å². The topological polar surface area (TPSA) is 52.0 Å². The van der Waals surface area contributed by atoms with Crippen molar-refractivity contribution in [2.24, 2.45) is 0 Å². The molecule has 0 amide bonds. The summed E-state index contributed by atoms with van der Waals surface area (Å²) in [7, 11) is 1.68. The SMILES string of the molecule is COCCn1cnnc1CNCc1sccc1Cl. The number of hydrogen-bond donors (Lipinski definition) is 1. The third-order valence-corrected chi connectivity index (χ3v) is 3.88. The first kappa shape index (κ1) is 13.5. The van der Waals surface area contributed by atoms with E-state index in [1.807, 2.05) is 16.0 Å². The molecule has 0 fully saturated rings. The molecule has 18 heavy (non-hydrogen) atoms. The van der Waals surface area contributed by atoms with Crippen molar-refractivity contribution < 1.29 is 4.74 Å². The van der Waals surface area contributed by atoms with Gasteiger partial charge in [-0.15, -0.1) is 21.5 Å². The molecular formula is C11H15ClN4OS. The zero-order valence-electron chi connectivity index (χ0n) is 10.1. The standard InChI is InChI=1S/C11H15ClN4OS/c1-17-4-3-16-8-14-15-11(16)7-13-6-10-9(12)2-5-18-10/h2,5,8,13H,3-4,6-7H2,1H3. The lowest BCUT2D eigenvalue weighted by atomic mass is 10.4. The van der Waals surface area contributed by atoms with Gasteiger partial charge in [0.15, 0.2) is 0 Å². The van der Waals surface area contributed by atoms with Gasteiger partial charge in [0.2, 0.25) is 0 Å². The van der Waals surface area contributed by atoms with E-state index in [0.717, 1.165) is 28.8 Å². The number of nitrogens with one attached hydrogen (secondary N) is 1. The number of rotatable bonds is 7. The predicted molar refractivity (Wildman–Crippen MR) is 71.8 cm³/mol. The molecule has 2 rings (SSSR count). The second kappa shape index (κ2) is 6.84. The van der Waals surface area contributed by atoms with E-state index in [1.54, 1.807) is 24.8 Å². The molecule has 0 aliphatic heterocycles. The molecular weight excluding hydrogens is 272 g/mol. The lowest BCUT2D eigenvalue weighted by Crippen LogP contribution is -2.17. The van der Waals surface area contributed by atoms with Crippen molar-refractivity contribution >= 4 is 22.9 Å². The van der Waals surface area contributed by atoms with E-state index in [4.69, 9.17) is 16.3 Å². The Bertz CT molecular complexity index is 485. The highest BCUT2D eigenvalue weighted by atomic mass is 35.5. The highest BCUT2D eigenvalue weighted by molar-refractivity contribution is 7.10. The van der Waals surface area contributed by atoms with Crippen molar-refractivity contribution in [1.82, 2.24) is 20.1 Å². The molecule has 0 saturated heterocycles. The van der Waals surface area contributed by atoms with E-state index in [1.165, 1.54) is 0 Å². The van der Waals surface area contributed by atoms with Gasteiger partial charge in [0.25, 0.3) is 0 Å². The number of nitrogens with zero attached hydrogens (tertiary/aromatic N) is 3. The Balaban J connectivity index is 1.83. The van der Waals surface area contributed by atoms with Gasteiger partial charge in [-0.2, -0.15) is 0 Å². The van der Waals surface area contributed by atoms with Crippen LogP contribution in [-0.4, -0.2) is 28.5 Å². The molecule has 0 aliphatic carbocycles. The average molecular weight is 287 g/mol. The van der Waals surface area contributed by atoms with Gasteiger partial charge < -0.3 is 14.6 Å². The molecule has 2 heterocycles. The van der Waals surface area contributed by atoms with Crippen molar-refractivity contribution in [3.63, 3.8) is 0 Å². The Hall–Kier alpha value is -0.950. The van der Waals surface area contributed by atoms with Gasteiger partial charge >= 0.3 is 0 Å². The van der Waals surface area contributed by atoms with E-state index in [9.17, 15) is 0 Å². The summed E-state index contributed by atoms with van der Waals surface area (Å²) >= 11 is 7.67. The number of methoxy groups -OCH3 is 1. The molecule has 2 aromatic heterocycles. The second-order valence-electron chi connectivity index (χ2n) is 3.73. The summed E-state index contributed by atoms with van der Waals surface area (Å²) in [5, 5.41) is 14.1. The fraction of sp³-hybridized carbons (Fsp3) is 0.455. The molecule has 0 radical (unpaired) electrons. The summed E-state index contributed by atoms with van der Waals surface area (Å²) in [4.78, 5) is 1.14. The van der Waals surface area contributed by atoms with Gasteiger partial charge in [0.05, 0.1) is 18.2 Å². The largest absolute Gasteiger partial charge is 0.383 e. The number of halogens is 1. The first-order valence-corrected chi connectivity index (χ1v) is 6.85. The van der Waals surface area contributed by atoms with E-state index in [0.29, 0.717) is 13.2 Å². The van der Waals surface area contributed by atoms with E-state index in [-0.39, 0.29) is 0 Å². The normalized spacial score (nSPS) is 11.0. The highest BCUT2D eigenvalue weighted by Gasteiger charge is 2.05. The zero-order valence-corrected chi connectivity index (χ0v) is 11.7. The van der Waals surface area contributed by atoms with Crippen molar-refractivity contribution in [3.8, 4) is 0 Å². The second-order valence-corrected chi connectivity index (χ2v) is 5.14. The first-order valence-electron chi connectivity index (χ1n) is 5.59. The van der Waals surface area contributed by atoms with Crippen LogP contribution in [0.2, 0.25) is 5.02 Å². The molecule has 7 heteroatoms. The van der Waals surface area contributed by atoms with Gasteiger partial charge in [-0.25, -0.2) is 0 Å². The maximum absolute atomic E-state index is 6.02. The van der Waals surface area contributed by atoms with Gasteiger partial charge in [0.1, 0.15) is 12.2 Å². The van der Waals surface area contributed by atoms with Gasteiger partial charge in [0, 0.05) is 25.1 Å². The molecule has 2 aromatic rings. The Morgan fingerprint density at radius 3 is 3.11 bits per heavy atom. The molecule has 0 unspecified atom stereocenters. The summed E-state index contributed by atoms with van der Waals surface area (Å²) in [6.45, 7) is 2.83. The van der Waals surface area contributed by atoms with Crippen molar-refractivity contribution in [1.29, 1.82) is 0 Å². The van der Waals surface area contributed by atoms with E-state index >= 15 is 0 Å². The number of thiophene rings is 1. The Kier molecular flexibility index (Phi) is 5.12. The third-order valence-electron chi connectivity index (χ3n) is 2.49. The average Bonchev–Trinajstić information content (AvgIpc) is 2.97. The fourth-order valence-corrected chi connectivity index (χ4v) is 2.60. The highest BCUT2D eigenvalue weighted by Crippen LogP contribution is 2.21. The van der Waals surface area contributed by atoms with Crippen LogP contribution < -0.4 is 5.32 Å². The number of aromatic nitrogens is 3. The molecule has 5 nitrogen and oxygen atoms in total. The summed E-state index contributed by atoms with van der Waals surface area (Å²) in [5.74, 6) is 0.903. The molecule has 0 saturated carbocycles. The maximum atomic E-state index is 6.02. The van der Waals surface area contributed by atoms with Crippen LogP contribution in [0.5, 0.6) is 0 Å². The minimum absolute atomic E-state index is 0.655. The number of hydrogen-bond acceptors (Lipinski definition) is 5. The Morgan fingerprint density at radius 1 is 1.50 bits per heavy atom. The van der Waals surface area contributed by atoms with Gasteiger partial charge in [-0.3, -0.25) is 0 Å². The van der Waals surface area contributed by atoms with Crippen LogP contribution in [-0.2, 0) is 24.4 Å². The van der Waals surface area contributed by atoms with Crippen LogP contribution in [0.3, 0.4) is 0 Å². The monoisotopic (exact) mass is 286 g/mol. The lowest BCUT2D eigenvalue weighted by molar-refractivity contribution is 0.186. The number of ether oxygens (including phenoxy) is 1. The van der Waals surface area contributed by atoms with Crippen LogP contribution in [0.15, 0.2) is 17.8 Å². The first-order chi connectivity index (χ1) is 8.81. The lowest BCUT2D eigenvalue weighted by Gasteiger charge is -2.06. The van der Waals surface area contributed by atoms with Crippen LogP contribution in [0.25, 0.3) is 0 Å². The quantitative estimate of drug-likeness (QED) is 0.845. The Morgan fingerprint density at radius 2 is 2.39 bits per heavy atom. The summed E-state index contributed by atoms with van der Waals surface area (Å²) in [6, 6.07) is 1.91. The molecule has 1 N–H and O–H groups in total. The fourth-order valence-electron chi connectivity index (χ4n) is 1.53. The summed E-state index contributed by atoms with van der Waals surface area (Å²) in [5.41, 5.74) is 0. The summed E-state index contributed by atoms with van der Waals surface area (Å²) < 4.78 is 7.02. The summed E-state index contributed by atoms with van der Waals surface area (Å²) in [6.07, 6.45) is 1.72. The van der Waals surface area contributed by atoms with E-state index < -0.39 is 0 Å². The third kappa shape index (κ3) is 3.52. The zero-order chi connectivity index (χ0) is 12.8. The molecule has 0 bridgehead atoms. The minimum Gasteiger partial charge on any atom is -0.383 e. The van der Waals surface area contributed by atoms with E-state index in [2.05, 4.69) is 15.5 Å². The van der Waals surface area contributed by atoms with Gasteiger partial charge in [-0.1, -0.05) is 11.6 Å².